The van der Waals surface area contributed by atoms with Crippen LogP contribution in [-0.2, 0) is 66.5 Å². The smallest absolute Gasteiger partial charge is 0.357 e. The van der Waals surface area contributed by atoms with Crippen LogP contribution in [-0.4, -0.2) is 47.7 Å². The quantitative estimate of drug-likeness (QED) is 0.0776. The van der Waals surface area contributed by atoms with Crippen molar-refractivity contribution in [3.63, 3.8) is 0 Å². The number of carbonyl (C=O) groups is 2. The third-order valence-corrected chi connectivity index (χ3v) is 13.9. The number of carbonyl (C=O) groups excluding carboxylic acids is 2. The number of alkyl halides is 12. The molecule has 0 saturated carbocycles. The molecular weight excluding hydrogens is 1210 g/mol. The fourth-order valence-corrected chi connectivity index (χ4v) is 9.56. The van der Waals surface area contributed by atoms with Crippen LogP contribution in [0.1, 0.15) is 55.9 Å². The molecule has 0 aliphatic heterocycles. The van der Waals surface area contributed by atoms with Crippen LogP contribution in [0.25, 0.3) is 0 Å². The van der Waals surface area contributed by atoms with E-state index in [1.54, 1.807) is 60.7 Å². The molecule has 6 aromatic carbocycles. The second-order valence-electron chi connectivity index (χ2n) is 18.6. The highest BCUT2D eigenvalue weighted by molar-refractivity contribution is 6.65. The largest absolute Gasteiger partial charge is 0.430 e. The summed E-state index contributed by atoms with van der Waals surface area (Å²) < 4.78 is 202. The number of halogens is 17. The molecule has 1 amide bonds. The number of aromatic nitrogens is 2. The minimum absolute atomic E-state index is 0.0199. The SMILES string of the molecule is CO[C@](C(=O)Cl)(c1ccccc1)C(F)(F)F.CO[C@](C(=O)N[C@@](Cc1ccccc1)(c1cc(F)cc(C(F)(F)F)c1)c1ccc(Cl)cn1)(c1ccccc1)C(F)(F)F.NC(Cc1ccccc1)(c1cc(F)cc(C(F)(F)F)c1)c1ccc(Cl)cn1. The molecule has 448 valence electrons. The molecule has 0 spiro atoms. The summed E-state index contributed by atoms with van der Waals surface area (Å²) in [7, 11) is 1.48. The van der Waals surface area contributed by atoms with Crippen LogP contribution in [0, 0.1) is 11.6 Å². The van der Waals surface area contributed by atoms with Gasteiger partial charge in [0.05, 0.1) is 38.1 Å². The van der Waals surface area contributed by atoms with Gasteiger partial charge in [-0.25, -0.2) is 8.78 Å². The molecule has 2 aromatic heterocycles. The molecule has 0 aliphatic rings. The summed E-state index contributed by atoms with van der Waals surface area (Å²) in [6, 6.07) is 38.9. The highest BCUT2D eigenvalue weighted by Crippen LogP contribution is 2.46. The predicted octanol–water partition coefficient (Wildman–Crippen LogP) is 15.8. The second kappa shape index (κ2) is 26.8. The van der Waals surface area contributed by atoms with E-state index in [4.69, 9.17) is 45.3 Å². The van der Waals surface area contributed by atoms with E-state index >= 15 is 0 Å². The number of rotatable bonds is 15. The van der Waals surface area contributed by atoms with Crippen molar-refractivity contribution in [3.05, 3.63) is 272 Å². The maximum absolute atomic E-state index is 14.8. The van der Waals surface area contributed by atoms with Gasteiger partial charge >= 0.3 is 24.7 Å². The highest BCUT2D eigenvalue weighted by atomic mass is 35.5. The Labute approximate surface area is 491 Å². The lowest BCUT2D eigenvalue weighted by molar-refractivity contribution is -0.266. The van der Waals surface area contributed by atoms with Crippen molar-refractivity contribution in [1.29, 1.82) is 0 Å². The van der Waals surface area contributed by atoms with Gasteiger partial charge in [0.2, 0.25) is 0 Å². The number of pyridine rings is 2. The highest BCUT2D eigenvalue weighted by Gasteiger charge is 2.64. The van der Waals surface area contributed by atoms with E-state index in [0.29, 0.717) is 35.9 Å². The lowest BCUT2D eigenvalue weighted by Crippen LogP contribution is -2.61. The summed E-state index contributed by atoms with van der Waals surface area (Å²) in [4.78, 5) is 33.4. The van der Waals surface area contributed by atoms with Gasteiger partial charge in [0.15, 0.2) is 0 Å². The molecule has 1 unspecified atom stereocenters. The van der Waals surface area contributed by atoms with Gasteiger partial charge < -0.3 is 20.5 Å². The normalized spacial score (nSPS) is 14.8. The van der Waals surface area contributed by atoms with Crippen LogP contribution in [0.5, 0.6) is 0 Å². The Morgan fingerprint density at radius 1 is 0.471 bits per heavy atom. The first-order valence-corrected chi connectivity index (χ1v) is 25.7. The number of benzene rings is 6. The number of methoxy groups -OCH3 is 2. The Morgan fingerprint density at radius 2 is 0.835 bits per heavy atom. The molecule has 0 saturated heterocycles. The molecule has 8 nitrogen and oxygen atoms in total. The molecule has 8 aromatic rings. The molecule has 3 N–H and O–H groups in total. The van der Waals surface area contributed by atoms with E-state index < -0.39 is 98.4 Å². The first-order valence-electron chi connectivity index (χ1n) is 24.5. The third kappa shape index (κ3) is 15.1. The molecule has 0 bridgehead atoms. The lowest BCUT2D eigenvalue weighted by atomic mass is 9.78. The molecule has 0 aliphatic carbocycles. The zero-order chi connectivity index (χ0) is 62.8. The van der Waals surface area contributed by atoms with Gasteiger partial charge in [0, 0.05) is 50.6 Å². The molecule has 2 heterocycles. The Balaban J connectivity index is 0.000000229. The van der Waals surface area contributed by atoms with Crippen LogP contribution < -0.4 is 11.1 Å². The molecular formula is C60H45Cl3F14N4O4. The van der Waals surface area contributed by atoms with Gasteiger partial charge in [0.1, 0.15) is 17.2 Å². The van der Waals surface area contributed by atoms with E-state index in [0.717, 1.165) is 55.3 Å². The number of hydrogen-bond donors (Lipinski definition) is 2. The predicted molar refractivity (Wildman–Crippen MR) is 289 cm³/mol. The topological polar surface area (TPSA) is 116 Å². The van der Waals surface area contributed by atoms with Gasteiger partial charge in [-0.15, -0.1) is 0 Å². The van der Waals surface area contributed by atoms with Gasteiger partial charge in [-0.05, 0) is 94.5 Å². The summed E-state index contributed by atoms with van der Waals surface area (Å²) in [5, 5.41) is 1.15. The van der Waals surface area contributed by atoms with Crippen molar-refractivity contribution in [2.75, 3.05) is 14.2 Å². The summed E-state index contributed by atoms with van der Waals surface area (Å²) >= 11 is 16.9. The summed E-state index contributed by atoms with van der Waals surface area (Å²) in [6.07, 6.45) is -17.8. The van der Waals surface area contributed by atoms with E-state index in [2.05, 4.69) is 20.0 Å². The standard InChI is InChI=1S/C30H22ClF7N2O2.C20H15ClF4N2.C10H8ClF3O2/c1-42-28(30(36,37)38,20-10-6-3-7-11-20)26(41)40-27(17-19-8-4-2-5-9-19,25-13-12-23(31)18-39-25)21-14-22(29(33,34)35)16-24(32)15-21;21-16-6-7-18(27-12-16)19(26,11-13-4-2-1-3-5-13)14-8-15(20(23,24)25)10-17(22)9-14;1-16-9(8(11)15,10(12,13)14)7-5-3-2-4-6-7/h2-16,18H,17H2,1H3,(H,40,41);1-10,12H,11,26H2;2-6H,1H3/t27-,28-;;9-/m0.0/s1. The first-order chi connectivity index (χ1) is 39.8. The number of ether oxygens (including phenoxy) is 2. The molecule has 8 rings (SSSR count). The van der Waals surface area contributed by atoms with Crippen molar-refractivity contribution in [2.45, 2.75) is 59.8 Å². The number of nitrogens with two attached hydrogens (primary N) is 1. The van der Waals surface area contributed by atoms with Crippen molar-refractivity contribution >= 4 is 46.0 Å². The third-order valence-electron chi connectivity index (χ3n) is 13.1. The monoisotopic (exact) mass is 1260 g/mol. The van der Waals surface area contributed by atoms with Gasteiger partial charge in [-0.2, -0.15) is 52.7 Å². The number of nitrogens with one attached hydrogen (secondary N) is 1. The Hall–Kier alpha value is -7.47. The summed E-state index contributed by atoms with van der Waals surface area (Å²) in [5.41, 5.74) is -6.67. The fourth-order valence-electron chi connectivity index (χ4n) is 9.04. The Bertz CT molecular complexity index is 3520. The van der Waals surface area contributed by atoms with E-state index in [-0.39, 0.29) is 40.0 Å². The fraction of sp³-hybridized carbons (Fsp3) is 0.200. The van der Waals surface area contributed by atoms with Crippen LogP contribution >= 0.6 is 34.8 Å². The Morgan fingerprint density at radius 3 is 1.21 bits per heavy atom. The summed E-state index contributed by atoms with van der Waals surface area (Å²) in [6.45, 7) is 0. The maximum atomic E-state index is 14.8. The van der Waals surface area contributed by atoms with E-state index in [9.17, 15) is 71.1 Å². The summed E-state index contributed by atoms with van der Waals surface area (Å²) in [5.74, 6) is -4.12. The first kappa shape index (κ1) is 66.7. The molecule has 25 heteroatoms. The number of hydrogen-bond acceptors (Lipinski definition) is 7. The minimum atomic E-state index is -5.35. The van der Waals surface area contributed by atoms with Crippen molar-refractivity contribution in [3.8, 4) is 0 Å². The van der Waals surface area contributed by atoms with Gasteiger partial charge in [0.25, 0.3) is 22.4 Å². The van der Waals surface area contributed by atoms with Crippen LogP contribution in [0.15, 0.2) is 194 Å². The molecule has 0 radical (unpaired) electrons. The number of nitrogens with zero attached hydrogens (tertiary/aromatic N) is 2. The lowest BCUT2D eigenvalue weighted by Gasteiger charge is -2.40. The van der Waals surface area contributed by atoms with Crippen molar-refractivity contribution in [1.82, 2.24) is 15.3 Å². The second-order valence-corrected chi connectivity index (χ2v) is 19.8. The van der Waals surface area contributed by atoms with Crippen molar-refractivity contribution < 1.29 is 80.5 Å². The van der Waals surface area contributed by atoms with Crippen LogP contribution in [0.3, 0.4) is 0 Å². The van der Waals surface area contributed by atoms with Crippen LogP contribution in [0.4, 0.5) is 61.5 Å². The van der Waals surface area contributed by atoms with Crippen LogP contribution in [0.2, 0.25) is 10.0 Å². The molecule has 85 heavy (non-hydrogen) atoms. The van der Waals surface area contributed by atoms with Gasteiger partial charge in [-0.1, -0.05) is 145 Å². The molecule has 0 fully saturated rings. The van der Waals surface area contributed by atoms with E-state index in [1.165, 1.54) is 60.8 Å². The Kier molecular flexibility index (Phi) is 21.1. The van der Waals surface area contributed by atoms with E-state index in [1.807, 2.05) is 6.07 Å². The number of amides is 1. The maximum Gasteiger partial charge on any atom is 0.430 e. The average Bonchev–Trinajstić information content (AvgIpc) is 1.20. The average molecular weight is 1260 g/mol. The zero-order valence-electron chi connectivity index (χ0n) is 43.9. The van der Waals surface area contributed by atoms with Gasteiger partial charge in [-0.3, -0.25) is 19.6 Å². The zero-order valence-corrected chi connectivity index (χ0v) is 46.2. The molecule has 4 atom stereocenters. The van der Waals surface area contributed by atoms with Crippen molar-refractivity contribution in [2.24, 2.45) is 5.73 Å². The minimum Gasteiger partial charge on any atom is -0.357 e.